The summed E-state index contributed by atoms with van der Waals surface area (Å²) in [4.78, 5) is 0. The van der Waals surface area contributed by atoms with Crippen molar-refractivity contribution in [3.63, 3.8) is 0 Å². The van der Waals surface area contributed by atoms with Gasteiger partial charge >= 0.3 is 0 Å². The van der Waals surface area contributed by atoms with E-state index in [0.717, 1.165) is 73.6 Å². The summed E-state index contributed by atoms with van der Waals surface area (Å²) in [5.41, 5.74) is 0. The molecule has 0 aliphatic heterocycles. The zero-order valence-electron chi connectivity index (χ0n) is 17.4. The van der Waals surface area contributed by atoms with Crippen LogP contribution in [-0.4, -0.2) is 35.6 Å². The van der Waals surface area contributed by atoms with E-state index in [2.05, 4.69) is 13.8 Å². The van der Waals surface area contributed by atoms with Crippen molar-refractivity contribution in [2.75, 3.05) is 13.2 Å². The Labute approximate surface area is 169 Å². The van der Waals surface area contributed by atoms with Gasteiger partial charge in [0.1, 0.15) is 24.7 Å². The van der Waals surface area contributed by atoms with E-state index < -0.39 is 12.2 Å². The maximum absolute atomic E-state index is 10.00. The first kappa shape index (κ1) is 22.5. The Hall–Kier alpha value is -1.78. The number of benzene rings is 2. The van der Waals surface area contributed by atoms with E-state index in [9.17, 15) is 10.2 Å². The molecule has 0 aliphatic carbocycles. The summed E-state index contributed by atoms with van der Waals surface area (Å²) in [6, 6.07) is 11.8. The van der Waals surface area contributed by atoms with Crippen molar-refractivity contribution in [1.82, 2.24) is 0 Å². The van der Waals surface area contributed by atoms with Crippen molar-refractivity contribution in [2.45, 2.75) is 77.4 Å². The molecule has 0 radical (unpaired) electrons. The highest BCUT2D eigenvalue weighted by molar-refractivity contribution is 5.85. The van der Waals surface area contributed by atoms with Crippen LogP contribution in [0.1, 0.15) is 65.2 Å². The maximum atomic E-state index is 10.00. The van der Waals surface area contributed by atoms with Crippen LogP contribution in [0.4, 0.5) is 0 Å². The second kappa shape index (κ2) is 12.6. The van der Waals surface area contributed by atoms with Crippen molar-refractivity contribution >= 4 is 10.8 Å². The molecule has 2 aromatic rings. The predicted molar refractivity (Wildman–Crippen MR) is 115 cm³/mol. The molecule has 2 atom stereocenters. The number of ether oxygens (including phenoxy) is 2. The highest BCUT2D eigenvalue weighted by atomic mass is 16.5. The third-order valence-corrected chi connectivity index (χ3v) is 4.95. The highest BCUT2D eigenvalue weighted by Gasteiger charge is 2.07. The summed E-state index contributed by atoms with van der Waals surface area (Å²) < 4.78 is 11.5. The lowest BCUT2D eigenvalue weighted by atomic mass is 10.1. The molecule has 2 aromatic carbocycles. The SMILES string of the molecule is CCCCCC(O)COc1ccc2cc(OCC(O)CCCCC)ccc2c1. The number of unbranched alkanes of at least 4 members (excludes halogenated alkanes) is 4. The molecular formula is C24H36O4. The molecule has 0 saturated heterocycles. The minimum atomic E-state index is -0.415. The maximum Gasteiger partial charge on any atom is 0.120 e. The molecule has 4 nitrogen and oxygen atoms in total. The molecular weight excluding hydrogens is 352 g/mol. The Kier molecular flexibility index (Phi) is 10.2. The van der Waals surface area contributed by atoms with Crippen LogP contribution < -0.4 is 9.47 Å². The van der Waals surface area contributed by atoms with Crippen LogP contribution in [0.15, 0.2) is 36.4 Å². The number of hydrogen-bond acceptors (Lipinski definition) is 4. The number of rotatable bonds is 14. The topological polar surface area (TPSA) is 58.9 Å². The van der Waals surface area contributed by atoms with Gasteiger partial charge in [-0.1, -0.05) is 64.5 Å². The Morgan fingerprint density at radius 3 is 1.50 bits per heavy atom. The molecule has 2 unspecified atom stereocenters. The second-order valence-electron chi connectivity index (χ2n) is 7.59. The van der Waals surface area contributed by atoms with E-state index in [4.69, 9.17) is 9.47 Å². The van der Waals surface area contributed by atoms with Crippen LogP contribution in [0.2, 0.25) is 0 Å². The molecule has 0 amide bonds. The molecule has 0 fully saturated rings. The second-order valence-corrected chi connectivity index (χ2v) is 7.59. The van der Waals surface area contributed by atoms with E-state index in [0.29, 0.717) is 13.2 Å². The van der Waals surface area contributed by atoms with Gasteiger partial charge < -0.3 is 19.7 Å². The first-order valence-electron chi connectivity index (χ1n) is 10.8. The number of hydrogen-bond donors (Lipinski definition) is 2. The number of aliphatic hydroxyl groups excluding tert-OH is 2. The molecule has 0 aromatic heterocycles. The standard InChI is InChI=1S/C24H36O4/c1-3-5-7-9-21(25)17-27-23-13-11-20-16-24(14-12-19(20)15-23)28-18-22(26)10-8-6-4-2/h11-16,21-22,25-26H,3-10,17-18H2,1-2H3. The monoisotopic (exact) mass is 388 g/mol. The summed E-state index contributed by atoms with van der Waals surface area (Å²) in [7, 11) is 0. The van der Waals surface area contributed by atoms with Gasteiger partial charge in [-0.15, -0.1) is 0 Å². The molecule has 0 bridgehead atoms. The Bertz CT molecular complexity index is 626. The van der Waals surface area contributed by atoms with Crippen molar-refractivity contribution in [1.29, 1.82) is 0 Å². The van der Waals surface area contributed by atoms with E-state index in [1.807, 2.05) is 36.4 Å². The van der Waals surface area contributed by atoms with Gasteiger partial charge in [0.15, 0.2) is 0 Å². The van der Waals surface area contributed by atoms with Crippen LogP contribution in [0.25, 0.3) is 10.8 Å². The molecule has 28 heavy (non-hydrogen) atoms. The average molecular weight is 389 g/mol. The van der Waals surface area contributed by atoms with Crippen molar-refractivity contribution in [3.8, 4) is 11.5 Å². The first-order valence-corrected chi connectivity index (χ1v) is 10.8. The highest BCUT2D eigenvalue weighted by Crippen LogP contribution is 2.25. The van der Waals surface area contributed by atoms with Gasteiger partial charge in [-0.3, -0.25) is 0 Å². The smallest absolute Gasteiger partial charge is 0.120 e. The molecule has 0 spiro atoms. The van der Waals surface area contributed by atoms with Crippen molar-refractivity contribution in [3.05, 3.63) is 36.4 Å². The minimum Gasteiger partial charge on any atom is -0.491 e. The van der Waals surface area contributed by atoms with E-state index >= 15 is 0 Å². The summed E-state index contributed by atoms with van der Waals surface area (Å²) in [5.74, 6) is 1.53. The van der Waals surface area contributed by atoms with Crippen LogP contribution >= 0.6 is 0 Å². The largest absolute Gasteiger partial charge is 0.491 e. The third-order valence-electron chi connectivity index (χ3n) is 4.95. The number of aliphatic hydroxyl groups is 2. The Morgan fingerprint density at radius 2 is 1.11 bits per heavy atom. The normalized spacial score (nSPS) is 13.4. The molecule has 156 valence electrons. The van der Waals surface area contributed by atoms with Gasteiger partial charge in [0.05, 0.1) is 12.2 Å². The lowest BCUT2D eigenvalue weighted by Gasteiger charge is -2.14. The third kappa shape index (κ3) is 8.07. The lowest BCUT2D eigenvalue weighted by molar-refractivity contribution is 0.0974. The molecule has 0 heterocycles. The Balaban J connectivity index is 1.84. The average Bonchev–Trinajstić information content (AvgIpc) is 2.71. The molecule has 2 N–H and O–H groups in total. The van der Waals surface area contributed by atoms with Crippen molar-refractivity contribution in [2.24, 2.45) is 0 Å². The van der Waals surface area contributed by atoms with E-state index in [1.54, 1.807) is 0 Å². The van der Waals surface area contributed by atoms with Gasteiger partial charge in [-0.2, -0.15) is 0 Å². The molecule has 0 saturated carbocycles. The van der Waals surface area contributed by atoms with Crippen LogP contribution in [0.3, 0.4) is 0 Å². The van der Waals surface area contributed by atoms with Crippen molar-refractivity contribution < 1.29 is 19.7 Å². The molecule has 2 rings (SSSR count). The fourth-order valence-electron chi connectivity index (χ4n) is 3.19. The molecule has 4 heteroatoms. The van der Waals surface area contributed by atoms with Gasteiger partial charge in [-0.05, 0) is 47.9 Å². The zero-order valence-corrected chi connectivity index (χ0v) is 17.4. The first-order chi connectivity index (χ1) is 13.6. The zero-order chi connectivity index (χ0) is 20.2. The fraction of sp³-hybridized carbons (Fsp3) is 0.583. The summed E-state index contributed by atoms with van der Waals surface area (Å²) >= 11 is 0. The van der Waals surface area contributed by atoms with Crippen LogP contribution in [-0.2, 0) is 0 Å². The van der Waals surface area contributed by atoms with Gasteiger partial charge in [0.2, 0.25) is 0 Å². The lowest BCUT2D eigenvalue weighted by Crippen LogP contribution is -2.17. The van der Waals surface area contributed by atoms with E-state index in [1.165, 1.54) is 0 Å². The van der Waals surface area contributed by atoms with Gasteiger partial charge in [0.25, 0.3) is 0 Å². The van der Waals surface area contributed by atoms with Gasteiger partial charge in [-0.25, -0.2) is 0 Å². The summed E-state index contributed by atoms with van der Waals surface area (Å²) in [6.07, 6.45) is 7.41. The number of fused-ring (bicyclic) bond motifs is 1. The molecule has 0 aliphatic rings. The summed E-state index contributed by atoms with van der Waals surface area (Å²) in [6.45, 7) is 4.97. The predicted octanol–water partition coefficient (Wildman–Crippen LogP) is 5.48. The van der Waals surface area contributed by atoms with Crippen LogP contribution in [0.5, 0.6) is 11.5 Å². The Morgan fingerprint density at radius 1 is 0.679 bits per heavy atom. The fourth-order valence-corrected chi connectivity index (χ4v) is 3.19. The summed E-state index contributed by atoms with van der Waals surface area (Å²) in [5, 5.41) is 22.1. The minimum absolute atomic E-state index is 0.326. The quantitative estimate of drug-likeness (QED) is 0.421. The van der Waals surface area contributed by atoms with Gasteiger partial charge in [0, 0.05) is 0 Å². The van der Waals surface area contributed by atoms with Crippen LogP contribution in [0, 0.1) is 0 Å². The van der Waals surface area contributed by atoms with E-state index in [-0.39, 0.29) is 0 Å².